The van der Waals surface area contributed by atoms with Crippen LogP contribution in [-0.4, -0.2) is 42.1 Å². The molecule has 1 aliphatic rings. The van der Waals surface area contributed by atoms with Crippen LogP contribution in [0.4, 0.5) is 0 Å². The van der Waals surface area contributed by atoms with E-state index in [9.17, 15) is 14.7 Å². The minimum atomic E-state index is -0.900. The van der Waals surface area contributed by atoms with Gasteiger partial charge in [0.1, 0.15) is 5.58 Å². The number of likely N-dealkylation sites (tertiary alicyclic amines) is 1. The van der Waals surface area contributed by atoms with E-state index in [1.807, 2.05) is 38.1 Å². The van der Waals surface area contributed by atoms with Gasteiger partial charge in [0, 0.05) is 31.1 Å². The summed E-state index contributed by atoms with van der Waals surface area (Å²) in [6, 6.07) is 7.44. The van der Waals surface area contributed by atoms with Crippen LogP contribution >= 0.6 is 0 Å². The second kappa shape index (κ2) is 6.52. The standard InChI is InChI=1S/C19H23NO5/c1-12(2)19(18(22)23)8-9-20(11-19)17(21)16-14(10-24-3)13-6-4-5-7-15(13)25-16/h4-7,12H,8-11H2,1-3H3,(H,22,23). The number of fused-ring (bicyclic) bond motifs is 1. The maximum atomic E-state index is 13.0. The first-order chi connectivity index (χ1) is 11.9. The number of ether oxygens (including phenoxy) is 1. The van der Waals surface area contributed by atoms with Crippen molar-refractivity contribution in [3.8, 4) is 0 Å². The highest BCUT2D eigenvalue weighted by Gasteiger charge is 2.49. The minimum absolute atomic E-state index is 0.0584. The quantitative estimate of drug-likeness (QED) is 0.900. The summed E-state index contributed by atoms with van der Waals surface area (Å²) < 4.78 is 11.0. The topological polar surface area (TPSA) is 80.0 Å². The van der Waals surface area contributed by atoms with Crippen molar-refractivity contribution < 1.29 is 23.8 Å². The Morgan fingerprint density at radius 1 is 1.36 bits per heavy atom. The van der Waals surface area contributed by atoms with Crippen LogP contribution in [-0.2, 0) is 16.1 Å². The molecule has 25 heavy (non-hydrogen) atoms. The number of furan rings is 1. The van der Waals surface area contributed by atoms with Crippen LogP contribution in [0.3, 0.4) is 0 Å². The third kappa shape index (κ3) is 2.80. The number of aliphatic carboxylic acids is 1. The van der Waals surface area contributed by atoms with Gasteiger partial charge in [-0.05, 0) is 18.4 Å². The van der Waals surface area contributed by atoms with Gasteiger partial charge >= 0.3 is 5.97 Å². The van der Waals surface area contributed by atoms with Gasteiger partial charge in [0.25, 0.3) is 5.91 Å². The summed E-state index contributed by atoms with van der Waals surface area (Å²) in [5.41, 5.74) is 0.439. The Hall–Kier alpha value is -2.34. The maximum absolute atomic E-state index is 13.0. The lowest BCUT2D eigenvalue weighted by atomic mass is 9.76. The van der Waals surface area contributed by atoms with Crippen LogP contribution < -0.4 is 0 Å². The first kappa shape index (κ1) is 17.5. The zero-order chi connectivity index (χ0) is 18.2. The number of carbonyl (C=O) groups excluding carboxylic acids is 1. The Balaban J connectivity index is 1.95. The fraction of sp³-hybridized carbons (Fsp3) is 0.474. The van der Waals surface area contributed by atoms with Crippen molar-refractivity contribution in [1.82, 2.24) is 4.90 Å². The molecule has 6 heteroatoms. The SMILES string of the molecule is COCc1c(C(=O)N2CCC(C(=O)O)(C(C)C)C2)oc2ccccc12. The molecule has 0 bridgehead atoms. The van der Waals surface area contributed by atoms with E-state index in [-0.39, 0.29) is 30.7 Å². The van der Waals surface area contributed by atoms with E-state index in [1.54, 1.807) is 12.0 Å². The molecule has 1 saturated heterocycles. The van der Waals surface area contributed by atoms with E-state index in [1.165, 1.54) is 0 Å². The van der Waals surface area contributed by atoms with Crippen LogP contribution in [0.15, 0.2) is 28.7 Å². The normalized spacial score (nSPS) is 20.6. The van der Waals surface area contributed by atoms with Crippen LogP contribution in [0.1, 0.15) is 36.4 Å². The largest absolute Gasteiger partial charge is 0.481 e. The summed E-state index contributed by atoms with van der Waals surface area (Å²) in [6.07, 6.45) is 0.450. The Morgan fingerprint density at radius 2 is 2.08 bits per heavy atom. The van der Waals surface area contributed by atoms with Crippen molar-refractivity contribution >= 4 is 22.8 Å². The number of rotatable bonds is 5. The molecule has 1 aromatic heterocycles. The molecule has 1 amide bonds. The molecule has 6 nitrogen and oxygen atoms in total. The van der Waals surface area contributed by atoms with Gasteiger partial charge in [-0.1, -0.05) is 32.0 Å². The molecular weight excluding hydrogens is 322 g/mol. The number of carbonyl (C=O) groups is 2. The molecule has 0 spiro atoms. The van der Waals surface area contributed by atoms with Gasteiger partial charge in [0.05, 0.1) is 12.0 Å². The fourth-order valence-electron chi connectivity index (χ4n) is 3.60. The Labute approximate surface area is 146 Å². The van der Waals surface area contributed by atoms with Crippen LogP contribution in [0, 0.1) is 11.3 Å². The molecule has 1 unspecified atom stereocenters. The summed E-state index contributed by atoms with van der Waals surface area (Å²) >= 11 is 0. The third-order valence-electron chi connectivity index (χ3n) is 5.30. The van der Waals surface area contributed by atoms with Gasteiger partial charge in [0.2, 0.25) is 0 Å². The van der Waals surface area contributed by atoms with E-state index in [4.69, 9.17) is 9.15 Å². The number of methoxy groups -OCH3 is 1. The van der Waals surface area contributed by atoms with E-state index >= 15 is 0 Å². The van der Waals surface area contributed by atoms with Gasteiger partial charge in [-0.15, -0.1) is 0 Å². The third-order valence-corrected chi connectivity index (χ3v) is 5.30. The highest BCUT2D eigenvalue weighted by atomic mass is 16.5. The number of para-hydroxylation sites is 1. The molecular formula is C19H23NO5. The number of nitrogens with zero attached hydrogens (tertiary/aromatic N) is 1. The predicted octanol–water partition coefficient (Wildman–Crippen LogP) is 3.15. The summed E-state index contributed by atoms with van der Waals surface area (Å²) in [6.45, 7) is 4.65. The molecule has 1 atom stereocenters. The summed E-state index contributed by atoms with van der Waals surface area (Å²) in [7, 11) is 1.57. The molecule has 2 heterocycles. The predicted molar refractivity (Wildman–Crippen MR) is 92.4 cm³/mol. The van der Waals surface area contributed by atoms with Crippen molar-refractivity contribution in [3.05, 3.63) is 35.6 Å². The lowest BCUT2D eigenvalue weighted by molar-refractivity contribution is -0.150. The summed E-state index contributed by atoms with van der Waals surface area (Å²) in [4.78, 5) is 26.4. The molecule has 1 aromatic carbocycles. The van der Waals surface area contributed by atoms with Gasteiger partial charge in [-0.2, -0.15) is 0 Å². The van der Waals surface area contributed by atoms with Gasteiger partial charge < -0.3 is 19.2 Å². The fourth-order valence-corrected chi connectivity index (χ4v) is 3.60. The molecule has 0 aliphatic carbocycles. The number of hydrogen-bond acceptors (Lipinski definition) is 4. The average molecular weight is 345 g/mol. The second-order valence-electron chi connectivity index (χ2n) is 6.93. The summed E-state index contributed by atoms with van der Waals surface area (Å²) in [5.74, 6) is -0.934. The number of carboxylic acids is 1. The van der Waals surface area contributed by atoms with E-state index in [0.29, 0.717) is 24.1 Å². The van der Waals surface area contributed by atoms with Crippen molar-refractivity contribution in [2.45, 2.75) is 26.9 Å². The average Bonchev–Trinajstić information content (AvgIpc) is 3.18. The van der Waals surface area contributed by atoms with Crippen LogP contribution in [0.5, 0.6) is 0 Å². The lowest BCUT2D eigenvalue weighted by Gasteiger charge is -2.28. The van der Waals surface area contributed by atoms with Gasteiger partial charge in [0.15, 0.2) is 5.76 Å². The molecule has 1 fully saturated rings. The summed E-state index contributed by atoms with van der Waals surface area (Å²) in [5, 5.41) is 10.5. The van der Waals surface area contributed by atoms with E-state index in [2.05, 4.69) is 0 Å². The lowest BCUT2D eigenvalue weighted by Crippen LogP contribution is -2.40. The zero-order valence-corrected chi connectivity index (χ0v) is 14.7. The monoisotopic (exact) mass is 345 g/mol. The first-order valence-electron chi connectivity index (χ1n) is 8.42. The molecule has 1 aliphatic heterocycles. The van der Waals surface area contributed by atoms with Crippen LogP contribution in [0.25, 0.3) is 11.0 Å². The maximum Gasteiger partial charge on any atom is 0.311 e. The van der Waals surface area contributed by atoms with Crippen molar-refractivity contribution in [1.29, 1.82) is 0 Å². The molecule has 134 valence electrons. The number of hydrogen-bond donors (Lipinski definition) is 1. The highest BCUT2D eigenvalue weighted by Crippen LogP contribution is 2.39. The smallest absolute Gasteiger partial charge is 0.311 e. The molecule has 3 rings (SSSR count). The Bertz CT molecular complexity index is 809. The highest BCUT2D eigenvalue weighted by molar-refractivity contribution is 5.99. The van der Waals surface area contributed by atoms with E-state index < -0.39 is 11.4 Å². The number of amides is 1. The van der Waals surface area contributed by atoms with Crippen LogP contribution in [0.2, 0.25) is 0 Å². The molecule has 0 radical (unpaired) electrons. The Morgan fingerprint density at radius 3 is 2.68 bits per heavy atom. The number of carboxylic acid groups (broad SMARTS) is 1. The minimum Gasteiger partial charge on any atom is -0.481 e. The van der Waals surface area contributed by atoms with Gasteiger partial charge in [-0.25, -0.2) is 0 Å². The van der Waals surface area contributed by atoms with E-state index in [0.717, 1.165) is 5.39 Å². The molecule has 0 saturated carbocycles. The van der Waals surface area contributed by atoms with Crippen molar-refractivity contribution in [2.24, 2.45) is 11.3 Å². The molecule has 1 N–H and O–H groups in total. The molecule has 2 aromatic rings. The second-order valence-corrected chi connectivity index (χ2v) is 6.93. The Kier molecular flexibility index (Phi) is 4.56. The van der Waals surface area contributed by atoms with Gasteiger partial charge in [-0.3, -0.25) is 9.59 Å². The van der Waals surface area contributed by atoms with Crippen molar-refractivity contribution in [3.63, 3.8) is 0 Å². The van der Waals surface area contributed by atoms with Crippen molar-refractivity contribution in [2.75, 3.05) is 20.2 Å². The number of benzene rings is 1. The zero-order valence-electron chi connectivity index (χ0n) is 14.7. The first-order valence-corrected chi connectivity index (χ1v) is 8.42.